The first-order valence-corrected chi connectivity index (χ1v) is 7.65. The van der Waals surface area contributed by atoms with Gasteiger partial charge in [0.15, 0.2) is 5.84 Å². The molecule has 2 rings (SSSR count). The van der Waals surface area contributed by atoms with Crippen molar-refractivity contribution in [2.24, 2.45) is 10.8 Å². The molecule has 0 aliphatic carbocycles. The van der Waals surface area contributed by atoms with Gasteiger partial charge < -0.3 is 10.6 Å². The fourth-order valence-corrected chi connectivity index (χ4v) is 2.60. The molecule has 4 N–H and O–H groups in total. The van der Waals surface area contributed by atoms with Gasteiger partial charge in [0.25, 0.3) is 5.69 Å². The summed E-state index contributed by atoms with van der Waals surface area (Å²) in [4.78, 5) is 23.0. The first-order valence-electron chi connectivity index (χ1n) is 7.65. The molecular weight excluding hydrogens is 344 g/mol. The molecule has 1 saturated heterocycles. The summed E-state index contributed by atoms with van der Waals surface area (Å²) in [6.45, 7) is 1.19. The van der Waals surface area contributed by atoms with Gasteiger partial charge in [0, 0.05) is 19.2 Å². The van der Waals surface area contributed by atoms with E-state index in [-0.39, 0.29) is 17.1 Å². The van der Waals surface area contributed by atoms with Gasteiger partial charge in [0.1, 0.15) is 17.4 Å². The quantitative estimate of drug-likeness (QED) is 0.296. The molecule has 136 valence electrons. The molecule has 26 heavy (non-hydrogen) atoms. The Morgan fingerprint density at radius 1 is 1.23 bits per heavy atom. The molecule has 1 heterocycles. The van der Waals surface area contributed by atoms with Crippen molar-refractivity contribution in [2.75, 3.05) is 23.4 Å². The van der Waals surface area contributed by atoms with E-state index in [1.165, 1.54) is 6.07 Å². The zero-order chi connectivity index (χ0) is 19.3. The topological polar surface area (TPSA) is 188 Å². The number of nitrogens with two attached hydrogens (primary N) is 1. The van der Waals surface area contributed by atoms with E-state index in [1.807, 2.05) is 0 Å². The van der Waals surface area contributed by atoms with E-state index in [1.54, 1.807) is 11.0 Å². The average Bonchev–Trinajstić information content (AvgIpc) is 2.61. The number of hydrogen-bond acceptors (Lipinski definition) is 9. The van der Waals surface area contributed by atoms with Gasteiger partial charge in [-0.3, -0.25) is 31.1 Å². The molecule has 0 aromatic heterocycles. The fourth-order valence-electron chi connectivity index (χ4n) is 2.60. The van der Waals surface area contributed by atoms with E-state index in [4.69, 9.17) is 16.4 Å². The van der Waals surface area contributed by atoms with Crippen LogP contribution in [0.15, 0.2) is 17.2 Å². The molecule has 1 aliphatic heterocycles. The minimum atomic E-state index is -0.787. The smallest absolute Gasteiger partial charge is 0.301 e. The van der Waals surface area contributed by atoms with E-state index < -0.39 is 27.1 Å². The summed E-state index contributed by atoms with van der Waals surface area (Å²) in [5, 5.41) is 42.3. The number of amidine groups is 1. The standard InChI is InChI=1S/C14H16N8O4/c15-8-10(14(16)17)19-18-9-6-12(20-4-2-1-3-5-20)13(22(25)26)7-11(9)21(23)24/h6-7,18H,1-5H2,(H3,16,17)/b19-10+. The molecule has 1 aliphatic rings. The van der Waals surface area contributed by atoms with Crippen molar-refractivity contribution in [3.05, 3.63) is 32.4 Å². The van der Waals surface area contributed by atoms with Crippen molar-refractivity contribution in [1.29, 1.82) is 10.7 Å². The van der Waals surface area contributed by atoms with Crippen LogP contribution in [-0.2, 0) is 0 Å². The van der Waals surface area contributed by atoms with Crippen molar-refractivity contribution >= 4 is 34.3 Å². The van der Waals surface area contributed by atoms with Crippen LogP contribution in [0, 0.1) is 37.0 Å². The highest BCUT2D eigenvalue weighted by atomic mass is 16.6. The molecule has 0 bridgehead atoms. The number of hydrogen-bond donors (Lipinski definition) is 3. The Morgan fingerprint density at radius 3 is 2.35 bits per heavy atom. The molecule has 0 saturated carbocycles. The zero-order valence-electron chi connectivity index (χ0n) is 13.6. The summed E-state index contributed by atoms with van der Waals surface area (Å²) in [5.74, 6) is -0.610. The normalized spacial score (nSPS) is 14.4. The van der Waals surface area contributed by atoms with E-state index in [9.17, 15) is 20.2 Å². The third-order valence-electron chi connectivity index (χ3n) is 3.83. The van der Waals surface area contributed by atoms with Crippen LogP contribution in [0.25, 0.3) is 0 Å². The number of nitrogens with one attached hydrogen (secondary N) is 2. The van der Waals surface area contributed by atoms with E-state index in [0.717, 1.165) is 25.3 Å². The Kier molecular flexibility index (Phi) is 5.63. The second-order valence-corrected chi connectivity index (χ2v) is 5.52. The van der Waals surface area contributed by atoms with Crippen LogP contribution in [0.2, 0.25) is 0 Å². The van der Waals surface area contributed by atoms with Crippen LogP contribution < -0.4 is 16.1 Å². The minimum Gasteiger partial charge on any atom is -0.382 e. The van der Waals surface area contributed by atoms with Crippen LogP contribution in [0.5, 0.6) is 0 Å². The highest BCUT2D eigenvalue weighted by molar-refractivity contribution is 6.45. The number of anilines is 2. The van der Waals surface area contributed by atoms with Crippen LogP contribution in [0.3, 0.4) is 0 Å². The molecule has 0 atom stereocenters. The van der Waals surface area contributed by atoms with Crippen LogP contribution >= 0.6 is 0 Å². The van der Waals surface area contributed by atoms with Crippen LogP contribution in [0.4, 0.5) is 22.7 Å². The Labute approximate surface area is 147 Å². The molecule has 0 unspecified atom stereocenters. The van der Waals surface area contributed by atoms with Crippen molar-refractivity contribution in [1.82, 2.24) is 0 Å². The van der Waals surface area contributed by atoms with Gasteiger partial charge in [-0.25, -0.2) is 0 Å². The highest BCUT2D eigenvalue weighted by Gasteiger charge is 2.28. The lowest BCUT2D eigenvalue weighted by Gasteiger charge is -2.28. The number of nitro benzene ring substituents is 2. The number of rotatable bonds is 6. The van der Waals surface area contributed by atoms with Gasteiger partial charge >= 0.3 is 5.69 Å². The number of nitrogens with zero attached hydrogens (tertiary/aromatic N) is 5. The van der Waals surface area contributed by atoms with Crippen molar-refractivity contribution in [3.63, 3.8) is 0 Å². The van der Waals surface area contributed by atoms with Crippen LogP contribution in [0.1, 0.15) is 19.3 Å². The van der Waals surface area contributed by atoms with Gasteiger partial charge in [0.2, 0.25) is 5.71 Å². The first kappa shape index (κ1) is 18.6. The van der Waals surface area contributed by atoms with Crippen molar-refractivity contribution in [2.45, 2.75) is 19.3 Å². The number of benzene rings is 1. The predicted molar refractivity (Wildman–Crippen MR) is 94.4 cm³/mol. The van der Waals surface area contributed by atoms with Crippen LogP contribution in [-0.4, -0.2) is 34.5 Å². The van der Waals surface area contributed by atoms with Gasteiger partial charge in [-0.2, -0.15) is 10.4 Å². The van der Waals surface area contributed by atoms with Crippen molar-refractivity contribution < 1.29 is 9.85 Å². The summed E-state index contributed by atoms with van der Waals surface area (Å²) in [6, 6.07) is 3.70. The maximum Gasteiger partial charge on any atom is 0.301 e. The molecular formula is C14H16N8O4. The van der Waals surface area contributed by atoms with E-state index in [2.05, 4.69) is 10.5 Å². The minimum absolute atomic E-state index is 0.129. The molecule has 0 radical (unpaired) electrons. The lowest BCUT2D eigenvalue weighted by atomic mass is 10.1. The lowest BCUT2D eigenvalue weighted by Crippen LogP contribution is -2.30. The summed E-state index contributed by atoms with van der Waals surface area (Å²) < 4.78 is 0. The number of piperidine rings is 1. The van der Waals surface area contributed by atoms with Gasteiger partial charge in [-0.1, -0.05) is 0 Å². The maximum absolute atomic E-state index is 11.4. The molecule has 1 fully saturated rings. The second kappa shape index (κ2) is 7.88. The number of hydrazone groups is 1. The molecule has 12 heteroatoms. The third kappa shape index (κ3) is 4.01. The van der Waals surface area contributed by atoms with E-state index in [0.29, 0.717) is 13.1 Å². The molecule has 0 amide bonds. The third-order valence-corrected chi connectivity index (χ3v) is 3.83. The Morgan fingerprint density at radius 2 is 1.85 bits per heavy atom. The molecule has 0 spiro atoms. The molecule has 12 nitrogen and oxygen atoms in total. The van der Waals surface area contributed by atoms with Gasteiger partial charge in [-0.15, -0.1) is 0 Å². The Hall–Kier alpha value is -3.75. The predicted octanol–water partition coefficient (Wildman–Crippen LogP) is 1.72. The second-order valence-electron chi connectivity index (χ2n) is 5.52. The number of nitriles is 1. The maximum atomic E-state index is 11.4. The first-order chi connectivity index (χ1) is 12.3. The molecule has 1 aromatic rings. The Balaban J connectivity index is 2.54. The monoisotopic (exact) mass is 360 g/mol. The fraction of sp³-hybridized carbons (Fsp3) is 0.357. The highest BCUT2D eigenvalue weighted by Crippen LogP contribution is 2.39. The summed E-state index contributed by atoms with van der Waals surface area (Å²) in [5.41, 5.74) is 6.21. The van der Waals surface area contributed by atoms with Gasteiger partial charge in [-0.05, 0) is 19.3 Å². The van der Waals surface area contributed by atoms with E-state index >= 15 is 0 Å². The zero-order valence-corrected chi connectivity index (χ0v) is 13.6. The van der Waals surface area contributed by atoms with Crippen molar-refractivity contribution in [3.8, 4) is 6.07 Å². The Bertz CT molecular complexity index is 823. The largest absolute Gasteiger partial charge is 0.382 e. The summed E-state index contributed by atoms with van der Waals surface area (Å²) in [7, 11) is 0. The number of nitro groups is 2. The SMILES string of the molecule is N#C/C(=N\Nc1cc(N2CCCCC2)c([N+](=O)[O-])cc1[N+](=O)[O-])C(=N)N. The molecule has 1 aromatic carbocycles. The average molecular weight is 360 g/mol. The lowest BCUT2D eigenvalue weighted by molar-refractivity contribution is -0.393. The summed E-state index contributed by atoms with van der Waals surface area (Å²) in [6.07, 6.45) is 2.73. The van der Waals surface area contributed by atoms with Gasteiger partial charge in [0.05, 0.1) is 15.9 Å². The summed E-state index contributed by atoms with van der Waals surface area (Å²) >= 11 is 0.